The minimum absolute atomic E-state index is 0.180. The minimum Gasteiger partial charge on any atom is -0.396 e. The number of aliphatic hydroxyl groups excluding tert-OH is 1. The predicted molar refractivity (Wildman–Crippen MR) is 92.4 cm³/mol. The van der Waals surface area contributed by atoms with E-state index in [1.165, 1.54) is 5.69 Å². The summed E-state index contributed by atoms with van der Waals surface area (Å²) in [7, 11) is 2.08. The fraction of sp³-hybridized carbons (Fsp3) is 0.333. The zero-order valence-corrected chi connectivity index (χ0v) is 13.3. The molecule has 0 spiro atoms. The summed E-state index contributed by atoms with van der Waals surface area (Å²) < 4.78 is 1.94. The van der Waals surface area contributed by atoms with Gasteiger partial charge >= 0.3 is 0 Å². The van der Waals surface area contributed by atoms with Crippen molar-refractivity contribution >= 4 is 16.7 Å². The van der Waals surface area contributed by atoms with Gasteiger partial charge in [0.1, 0.15) is 5.52 Å². The average Bonchev–Trinajstić information content (AvgIpc) is 2.99. The first-order chi connectivity index (χ1) is 11.3. The summed E-state index contributed by atoms with van der Waals surface area (Å²) >= 11 is 0. The molecule has 3 aromatic rings. The summed E-state index contributed by atoms with van der Waals surface area (Å²) in [6.45, 7) is 1.79. The normalized spacial score (nSPS) is 12.4. The topological polar surface area (TPSA) is 54.2 Å². The van der Waals surface area contributed by atoms with Crippen molar-refractivity contribution in [2.45, 2.75) is 13.0 Å². The maximum atomic E-state index is 9.40. The highest BCUT2D eigenvalue weighted by Gasteiger charge is 2.15. The fourth-order valence-corrected chi connectivity index (χ4v) is 2.89. The number of hydrogen-bond acceptors (Lipinski definition) is 4. The molecule has 0 fully saturated rings. The zero-order chi connectivity index (χ0) is 16.1. The molecule has 0 radical (unpaired) electrons. The van der Waals surface area contributed by atoms with Crippen molar-refractivity contribution in [2.75, 3.05) is 25.1 Å². The molecule has 0 amide bonds. The summed E-state index contributed by atoms with van der Waals surface area (Å²) in [4.78, 5) is 2.22. The number of para-hydroxylation sites is 2. The molecule has 5 nitrogen and oxygen atoms in total. The Balaban J connectivity index is 1.74. The molecule has 2 aromatic carbocycles. The van der Waals surface area contributed by atoms with Crippen LogP contribution in [0.25, 0.3) is 11.0 Å². The summed E-state index contributed by atoms with van der Waals surface area (Å²) in [6.07, 6.45) is 0.741. The van der Waals surface area contributed by atoms with Crippen molar-refractivity contribution in [3.63, 3.8) is 0 Å². The number of benzene rings is 2. The van der Waals surface area contributed by atoms with Crippen molar-refractivity contribution in [2.24, 2.45) is 5.92 Å². The predicted octanol–water partition coefficient (Wildman–Crippen LogP) is 2.57. The number of rotatable bonds is 7. The van der Waals surface area contributed by atoms with Crippen LogP contribution in [-0.2, 0) is 6.54 Å². The fourth-order valence-electron chi connectivity index (χ4n) is 2.89. The van der Waals surface area contributed by atoms with E-state index in [1.54, 1.807) is 0 Å². The van der Waals surface area contributed by atoms with Gasteiger partial charge < -0.3 is 10.0 Å². The quantitative estimate of drug-likeness (QED) is 0.729. The Morgan fingerprint density at radius 3 is 2.61 bits per heavy atom. The lowest BCUT2D eigenvalue weighted by atomic mass is 10.1. The Morgan fingerprint density at radius 1 is 1.09 bits per heavy atom. The highest BCUT2D eigenvalue weighted by molar-refractivity contribution is 5.73. The number of nitrogens with zero attached hydrogens (tertiary/aromatic N) is 4. The van der Waals surface area contributed by atoms with E-state index in [-0.39, 0.29) is 6.61 Å². The first-order valence-electron chi connectivity index (χ1n) is 7.93. The number of hydrogen-bond donors (Lipinski definition) is 1. The van der Waals surface area contributed by atoms with Gasteiger partial charge in [-0.3, -0.25) is 0 Å². The van der Waals surface area contributed by atoms with Crippen molar-refractivity contribution in [3.05, 3.63) is 54.6 Å². The number of fused-ring (bicyclic) bond motifs is 1. The summed E-state index contributed by atoms with van der Waals surface area (Å²) in [5.41, 5.74) is 3.13. The van der Waals surface area contributed by atoms with Crippen LogP contribution in [0.3, 0.4) is 0 Å². The lowest BCUT2D eigenvalue weighted by Crippen LogP contribution is -2.29. The van der Waals surface area contributed by atoms with Gasteiger partial charge in [0.2, 0.25) is 0 Å². The van der Waals surface area contributed by atoms with E-state index < -0.39 is 0 Å². The Bertz CT molecular complexity index is 741. The SMILES string of the molecule is CN(CC(CCO)Cn1nnc2ccccc21)c1ccccc1. The van der Waals surface area contributed by atoms with E-state index in [0.29, 0.717) is 5.92 Å². The second kappa shape index (κ2) is 7.24. The number of anilines is 1. The van der Waals surface area contributed by atoms with Gasteiger partial charge in [0.25, 0.3) is 0 Å². The molecule has 0 saturated carbocycles. The van der Waals surface area contributed by atoms with Gasteiger partial charge in [0.15, 0.2) is 0 Å². The van der Waals surface area contributed by atoms with Gasteiger partial charge in [-0.15, -0.1) is 5.10 Å². The molecule has 1 aromatic heterocycles. The van der Waals surface area contributed by atoms with Crippen molar-refractivity contribution in [1.29, 1.82) is 0 Å². The first kappa shape index (κ1) is 15.5. The lowest BCUT2D eigenvalue weighted by Gasteiger charge is -2.25. The van der Waals surface area contributed by atoms with Crippen LogP contribution in [0.5, 0.6) is 0 Å². The molecule has 0 aliphatic rings. The minimum atomic E-state index is 0.180. The van der Waals surface area contributed by atoms with E-state index in [1.807, 2.05) is 47.1 Å². The van der Waals surface area contributed by atoms with Crippen LogP contribution in [0.15, 0.2) is 54.6 Å². The Morgan fingerprint density at radius 2 is 1.83 bits per heavy atom. The van der Waals surface area contributed by atoms with Crippen LogP contribution in [0.4, 0.5) is 5.69 Å². The number of aromatic nitrogens is 3. The molecule has 0 aliphatic heterocycles. The number of aliphatic hydroxyl groups is 1. The Kier molecular flexibility index (Phi) is 4.88. The molecule has 120 valence electrons. The van der Waals surface area contributed by atoms with Crippen LogP contribution in [0.1, 0.15) is 6.42 Å². The van der Waals surface area contributed by atoms with E-state index in [2.05, 4.69) is 34.4 Å². The molecule has 5 heteroatoms. The van der Waals surface area contributed by atoms with Crippen molar-refractivity contribution in [3.8, 4) is 0 Å². The molecule has 23 heavy (non-hydrogen) atoms. The van der Waals surface area contributed by atoms with E-state index in [4.69, 9.17) is 0 Å². The summed E-state index contributed by atoms with van der Waals surface area (Å²) in [5, 5.41) is 17.9. The third kappa shape index (κ3) is 3.68. The van der Waals surface area contributed by atoms with Crippen LogP contribution < -0.4 is 4.90 Å². The van der Waals surface area contributed by atoms with Gasteiger partial charge in [0, 0.05) is 32.4 Å². The zero-order valence-electron chi connectivity index (χ0n) is 13.3. The molecule has 0 bridgehead atoms. The van der Waals surface area contributed by atoms with Crippen LogP contribution in [0, 0.1) is 5.92 Å². The van der Waals surface area contributed by atoms with Crippen LogP contribution in [0.2, 0.25) is 0 Å². The maximum absolute atomic E-state index is 9.40. The third-order valence-electron chi connectivity index (χ3n) is 4.12. The standard InChI is InChI=1S/C18H22N4O/c1-21(16-7-3-2-4-8-16)13-15(11-12-23)14-22-18-10-6-5-9-17(18)19-20-22/h2-10,15,23H,11-14H2,1H3. The first-order valence-corrected chi connectivity index (χ1v) is 7.93. The molecule has 1 unspecified atom stereocenters. The summed E-state index contributed by atoms with van der Waals surface area (Å²) in [6, 6.07) is 18.3. The second-order valence-corrected chi connectivity index (χ2v) is 5.85. The Labute approximate surface area is 136 Å². The second-order valence-electron chi connectivity index (χ2n) is 5.85. The highest BCUT2D eigenvalue weighted by Crippen LogP contribution is 2.18. The molecular formula is C18H22N4O. The van der Waals surface area contributed by atoms with E-state index >= 15 is 0 Å². The molecular weight excluding hydrogens is 288 g/mol. The van der Waals surface area contributed by atoms with Gasteiger partial charge in [-0.25, -0.2) is 4.68 Å². The van der Waals surface area contributed by atoms with Gasteiger partial charge in [-0.1, -0.05) is 35.5 Å². The average molecular weight is 310 g/mol. The summed E-state index contributed by atoms with van der Waals surface area (Å²) in [5.74, 6) is 0.301. The highest BCUT2D eigenvalue weighted by atomic mass is 16.3. The van der Waals surface area contributed by atoms with Gasteiger partial charge in [-0.2, -0.15) is 0 Å². The lowest BCUT2D eigenvalue weighted by molar-refractivity contribution is 0.245. The van der Waals surface area contributed by atoms with Crippen molar-refractivity contribution in [1.82, 2.24) is 15.0 Å². The molecule has 1 heterocycles. The van der Waals surface area contributed by atoms with Crippen LogP contribution >= 0.6 is 0 Å². The van der Waals surface area contributed by atoms with Crippen molar-refractivity contribution < 1.29 is 5.11 Å². The van der Waals surface area contributed by atoms with E-state index in [0.717, 1.165) is 30.5 Å². The molecule has 1 atom stereocenters. The maximum Gasteiger partial charge on any atom is 0.113 e. The third-order valence-corrected chi connectivity index (χ3v) is 4.12. The van der Waals surface area contributed by atoms with Gasteiger partial charge in [-0.05, 0) is 36.6 Å². The molecule has 3 rings (SSSR count). The van der Waals surface area contributed by atoms with Crippen LogP contribution in [-0.4, -0.2) is 40.3 Å². The molecule has 1 N–H and O–H groups in total. The smallest absolute Gasteiger partial charge is 0.113 e. The molecule has 0 aliphatic carbocycles. The molecule has 0 saturated heterocycles. The van der Waals surface area contributed by atoms with E-state index in [9.17, 15) is 5.11 Å². The van der Waals surface area contributed by atoms with Gasteiger partial charge in [0.05, 0.1) is 5.52 Å². The largest absolute Gasteiger partial charge is 0.396 e. The Hall–Kier alpha value is -2.40. The monoisotopic (exact) mass is 310 g/mol.